The van der Waals surface area contributed by atoms with Gasteiger partial charge in [0.15, 0.2) is 0 Å². The van der Waals surface area contributed by atoms with Gasteiger partial charge in [-0.15, -0.1) is 11.3 Å². The minimum atomic E-state index is -0.349. The predicted octanol–water partition coefficient (Wildman–Crippen LogP) is 5.09. The monoisotopic (exact) mass is 452 g/mol. The Balaban J connectivity index is 1.57. The summed E-state index contributed by atoms with van der Waals surface area (Å²) in [5, 5.41) is 7.24. The zero-order valence-corrected chi connectivity index (χ0v) is 18.2. The molecular weight excluding hydrogens is 431 g/mol. The van der Waals surface area contributed by atoms with Gasteiger partial charge in [0.05, 0.1) is 22.3 Å². The molecule has 0 bridgehead atoms. The van der Waals surface area contributed by atoms with Crippen molar-refractivity contribution in [2.75, 3.05) is 18.5 Å². The smallest absolute Gasteiger partial charge is 0.257 e. The van der Waals surface area contributed by atoms with E-state index in [4.69, 9.17) is 27.9 Å². The van der Waals surface area contributed by atoms with Gasteiger partial charge in [0.2, 0.25) is 0 Å². The summed E-state index contributed by atoms with van der Waals surface area (Å²) in [6.45, 7) is 1.23. The Labute approximate surface area is 183 Å². The van der Waals surface area contributed by atoms with Crippen molar-refractivity contribution in [3.63, 3.8) is 0 Å². The summed E-state index contributed by atoms with van der Waals surface area (Å²) < 4.78 is 5.60. The molecule has 1 aliphatic carbocycles. The lowest BCUT2D eigenvalue weighted by Crippen LogP contribution is -2.32. The third-order valence-electron chi connectivity index (χ3n) is 5.32. The first-order valence-electron chi connectivity index (χ1n) is 9.83. The number of anilines is 1. The molecule has 1 atom stereocenters. The van der Waals surface area contributed by atoms with Crippen LogP contribution in [0.3, 0.4) is 0 Å². The molecule has 29 heavy (non-hydrogen) atoms. The summed E-state index contributed by atoms with van der Waals surface area (Å²) in [7, 11) is 0. The number of aryl methyl sites for hydroxylation is 1. The van der Waals surface area contributed by atoms with E-state index < -0.39 is 0 Å². The van der Waals surface area contributed by atoms with Crippen molar-refractivity contribution in [2.24, 2.45) is 0 Å². The fourth-order valence-electron chi connectivity index (χ4n) is 3.84. The molecule has 0 radical (unpaired) electrons. The van der Waals surface area contributed by atoms with Crippen molar-refractivity contribution < 1.29 is 14.3 Å². The molecule has 0 spiro atoms. The number of hydrogen-bond donors (Lipinski definition) is 2. The number of rotatable bonds is 5. The van der Waals surface area contributed by atoms with Crippen LogP contribution in [-0.2, 0) is 17.6 Å². The SMILES string of the molecule is O=C(Nc1sc2c(c1C(=O)NC[C@@H]1CCCO1)CCCC2)c1ccc(Cl)cc1Cl. The second-order valence-electron chi connectivity index (χ2n) is 7.34. The van der Waals surface area contributed by atoms with E-state index in [0.29, 0.717) is 27.7 Å². The number of benzene rings is 1. The van der Waals surface area contributed by atoms with Gasteiger partial charge in [-0.2, -0.15) is 0 Å². The molecule has 2 heterocycles. The number of carbonyl (C=O) groups excluding carboxylic acids is 2. The number of ether oxygens (including phenoxy) is 1. The highest BCUT2D eigenvalue weighted by molar-refractivity contribution is 7.17. The van der Waals surface area contributed by atoms with Gasteiger partial charge in [-0.3, -0.25) is 9.59 Å². The molecule has 2 aliphatic rings. The van der Waals surface area contributed by atoms with Crippen LogP contribution in [0, 0.1) is 0 Å². The first-order valence-corrected chi connectivity index (χ1v) is 11.4. The molecule has 8 heteroatoms. The maximum absolute atomic E-state index is 13.0. The molecule has 154 valence electrons. The number of carbonyl (C=O) groups is 2. The van der Waals surface area contributed by atoms with Crippen LogP contribution in [-0.4, -0.2) is 31.1 Å². The molecule has 0 saturated carbocycles. The number of fused-ring (bicyclic) bond motifs is 1. The highest BCUT2D eigenvalue weighted by Gasteiger charge is 2.27. The average molecular weight is 453 g/mol. The Hall–Kier alpha value is -1.60. The number of halogens is 2. The number of amides is 2. The third-order valence-corrected chi connectivity index (χ3v) is 7.07. The van der Waals surface area contributed by atoms with Crippen molar-refractivity contribution in [3.8, 4) is 0 Å². The molecule has 2 N–H and O–H groups in total. The Morgan fingerprint density at radius 3 is 2.72 bits per heavy atom. The lowest BCUT2D eigenvalue weighted by molar-refractivity contribution is 0.0858. The average Bonchev–Trinajstić information content (AvgIpc) is 3.33. The van der Waals surface area contributed by atoms with Crippen LogP contribution < -0.4 is 10.6 Å². The molecule has 1 fully saturated rings. The largest absolute Gasteiger partial charge is 0.376 e. The van der Waals surface area contributed by atoms with Crippen molar-refractivity contribution in [1.29, 1.82) is 0 Å². The summed E-state index contributed by atoms with van der Waals surface area (Å²) in [4.78, 5) is 27.0. The second kappa shape index (κ2) is 9.04. The highest BCUT2D eigenvalue weighted by atomic mass is 35.5. The normalized spacial score (nSPS) is 18.3. The lowest BCUT2D eigenvalue weighted by Gasteiger charge is -2.15. The zero-order chi connectivity index (χ0) is 20.4. The summed E-state index contributed by atoms with van der Waals surface area (Å²) in [6.07, 6.45) is 5.99. The van der Waals surface area contributed by atoms with E-state index in [1.165, 1.54) is 22.3 Å². The van der Waals surface area contributed by atoms with Crippen LogP contribution in [0.4, 0.5) is 5.00 Å². The van der Waals surface area contributed by atoms with E-state index in [2.05, 4.69) is 10.6 Å². The maximum atomic E-state index is 13.0. The third kappa shape index (κ3) is 4.61. The summed E-state index contributed by atoms with van der Waals surface area (Å²) >= 11 is 13.6. The van der Waals surface area contributed by atoms with Crippen LogP contribution in [0.25, 0.3) is 0 Å². The quantitative estimate of drug-likeness (QED) is 0.663. The van der Waals surface area contributed by atoms with Gasteiger partial charge in [0.1, 0.15) is 5.00 Å². The second-order valence-corrected chi connectivity index (χ2v) is 9.29. The maximum Gasteiger partial charge on any atom is 0.257 e. The standard InChI is InChI=1S/C21H22Cl2N2O3S/c22-12-7-8-14(16(23)10-12)19(26)25-21-18(15-5-1-2-6-17(15)29-21)20(27)24-11-13-4-3-9-28-13/h7-8,10,13H,1-6,9,11H2,(H,24,27)(H,25,26)/t13-/m0/s1. The van der Waals surface area contributed by atoms with Crippen LogP contribution in [0.5, 0.6) is 0 Å². The Morgan fingerprint density at radius 1 is 1.14 bits per heavy atom. The fourth-order valence-corrected chi connectivity index (χ4v) is 5.61. The zero-order valence-electron chi connectivity index (χ0n) is 15.9. The number of hydrogen-bond acceptors (Lipinski definition) is 4. The fraction of sp³-hybridized carbons (Fsp3) is 0.429. The van der Waals surface area contributed by atoms with Crippen molar-refractivity contribution in [2.45, 2.75) is 44.6 Å². The van der Waals surface area contributed by atoms with Crippen molar-refractivity contribution >= 4 is 51.4 Å². The van der Waals surface area contributed by atoms with Crippen molar-refractivity contribution in [1.82, 2.24) is 5.32 Å². The predicted molar refractivity (Wildman–Crippen MR) is 117 cm³/mol. The van der Waals surface area contributed by atoms with E-state index in [-0.39, 0.29) is 22.9 Å². The van der Waals surface area contributed by atoms with Crippen molar-refractivity contribution in [3.05, 3.63) is 49.8 Å². The first-order chi connectivity index (χ1) is 14.0. The van der Waals surface area contributed by atoms with Gasteiger partial charge in [0, 0.05) is 23.1 Å². The summed E-state index contributed by atoms with van der Waals surface area (Å²) in [5.41, 5.74) is 1.97. The molecule has 4 rings (SSSR count). The van der Waals surface area contributed by atoms with E-state index >= 15 is 0 Å². The highest BCUT2D eigenvalue weighted by Crippen LogP contribution is 2.38. The van der Waals surface area contributed by atoms with E-state index in [0.717, 1.165) is 50.7 Å². The van der Waals surface area contributed by atoms with Gasteiger partial charge >= 0.3 is 0 Å². The van der Waals surface area contributed by atoms with Gasteiger partial charge < -0.3 is 15.4 Å². The Morgan fingerprint density at radius 2 is 1.97 bits per heavy atom. The van der Waals surface area contributed by atoms with Crippen LogP contribution in [0.1, 0.15) is 56.8 Å². The Bertz CT molecular complexity index is 938. The number of thiophene rings is 1. The van der Waals surface area contributed by atoms with Gasteiger partial charge in [-0.05, 0) is 62.3 Å². The number of nitrogens with one attached hydrogen (secondary N) is 2. The van der Waals surface area contributed by atoms with Crippen LogP contribution in [0.15, 0.2) is 18.2 Å². The minimum Gasteiger partial charge on any atom is -0.376 e. The van der Waals surface area contributed by atoms with Gasteiger partial charge in [-0.1, -0.05) is 23.2 Å². The lowest BCUT2D eigenvalue weighted by atomic mass is 9.95. The van der Waals surface area contributed by atoms with Gasteiger partial charge in [-0.25, -0.2) is 0 Å². The molecule has 1 aromatic heterocycles. The molecule has 5 nitrogen and oxygen atoms in total. The molecule has 2 aromatic rings. The van der Waals surface area contributed by atoms with Crippen LogP contribution >= 0.6 is 34.5 Å². The van der Waals surface area contributed by atoms with E-state index in [1.807, 2.05) is 0 Å². The minimum absolute atomic E-state index is 0.0688. The topological polar surface area (TPSA) is 67.4 Å². The van der Waals surface area contributed by atoms with Gasteiger partial charge in [0.25, 0.3) is 11.8 Å². The molecule has 1 aromatic carbocycles. The molecule has 1 saturated heterocycles. The Kier molecular flexibility index (Phi) is 6.44. The summed E-state index contributed by atoms with van der Waals surface area (Å²) in [6, 6.07) is 4.74. The molecule has 0 unspecified atom stereocenters. The molecule has 2 amide bonds. The molecule has 1 aliphatic heterocycles. The van der Waals surface area contributed by atoms with E-state index in [1.54, 1.807) is 12.1 Å². The molecular formula is C21H22Cl2N2O3S. The first kappa shape index (κ1) is 20.7. The van der Waals surface area contributed by atoms with E-state index in [9.17, 15) is 9.59 Å². The summed E-state index contributed by atoms with van der Waals surface area (Å²) in [5.74, 6) is -0.504. The van der Waals surface area contributed by atoms with Crippen LogP contribution in [0.2, 0.25) is 10.0 Å².